The van der Waals surface area contributed by atoms with Crippen molar-refractivity contribution < 1.29 is 27.1 Å². The summed E-state index contributed by atoms with van der Waals surface area (Å²) in [5.41, 5.74) is 10.8. The molecule has 2 heterocycles. The van der Waals surface area contributed by atoms with Crippen LogP contribution in [0.1, 0.15) is 24.8 Å². The van der Waals surface area contributed by atoms with E-state index in [1.807, 2.05) is 0 Å². The number of nitrogens with zero attached hydrogens (tertiary/aromatic N) is 3. The van der Waals surface area contributed by atoms with E-state index in [9.17, 15) is 22.4 Å². The number of nitrogens with two attached hydrogens (primary N) is 2. The van der Waals surface area contributed by atoms with E-state index in [-0.39, 0.29) is 35.7 Å². The molecule has 9 nitrogen and oxygen atoms in total. The number of allylic oxidation sites excluding steroid dienone is 2. The van der Waals surface area contributed by atoms with Crippen LogP contribution in [0.15, 0.2) is 45.2 Å². The largest absolute Gasteiger partial charge is 0.431 e. The van der Waals surface area contributed by atoms with E-state index >= 15 is 0 Å². The Balaban J connectivity index is 1.97. The van der Waals surface area contributed by atoms with Gasteiger partial charge < -0.3 is 31.7 Å². The quantitative estimate of drug-likeness (QED) is 0.258. The Morgan fingerprint density at radius 3 is 2.54 bits per heavy atom. The summed E-state index contributed by atoms with van der Waals surface area (Å²) < 4.78 is 59.9. The molecular weight excluding hydrogens is 494 g/mol. The lowest BCUT2D eigenvalue weighted by atomic mass is 10.0. The molecule has 0 spiro atoms. The van der Waals surface area contributed by atoms with E-state index in [1.165, 1.54) is 26.2 Å². The van der Waals surface area contributed by atoms with E-state index in [2.05, 4.69) is 20.6 Å². The summed E-state index contributed by atoms with van der Waals surface area (Å²) in [5.74, 6) is -0.897. The number of hydrogen-bond donors (Lipinski definition) is 4. The Morgan fingerprint density at radius 2 is 1.95 bits per heavy atom. The van der Waals surface area contributed by atoms with Crippen LogP contribution in [0.2, 0.25) is 0 Å². The van der Waals surface area contributed by atoms with E-state index in [0.717, 1.165) is 30.8 Å². The number of urea groups is 1. The van der Waals surface area contributed by atoms with Gasteiger partial charge in [0, 0.05) is 69.4 Å². The van der Waals surface area contributed by atoms with Crippen molar-refractivity contribution in [3.8, 4) is 0 Å². The highest BCUT2D eigenvalue weighted by Crippen LogP contribution is 2.30. The van der Waals surface area contributed by atoms with Crippen molar-refractivity contribution in [1.82, 2.24) is 15.5 Å². The third kappa shape index (κ3) is 7.00. The first-order valence-electron chi connectivity index (χ1n) is 11.7. The molecule has 1 saturated heterocycles. The smallest absolute Gasteiger partial charge is 0.394 e. The average Bonchev–Trinajstić information content (AvgIpc) is 2.87. The summed E-state index contributed by atoms with van der Waals surface area (Å²) in [4.78, 5) is 21.6. The summed E-state index contributed by atoms with van der Waals surface area (Å²) in [6.45, 7) is 1.87. The van der Waals surface area contributed by atoms with Crippen molar-refractivity contribution in [2.24, 2.45) is 21.5 Å². The van der Waals surface area contributed by atoms with E-state index < -0.39 is 23.3 Å². The van der Waals surface area contributed by atoms with Crippen LogP contribution in [0.25, 0.3) is 5.57 Å². The monoisotopic (exact) mass is 525 g/mol. The van der Waals surface area contributed by atoms with E-state index in [1.54, 1.807) is 4.90 Å². The van der Waals surface area contributed by atoms with Crippen LogP contribution in [-0.2, 0) is 4.74 Å². The molecule has 2 aliphatic heterocycles. The van der Waals surface area contributed by atoms with Gasteiger partial charge in [0.05, 0.1) is 6.54 Å². The van der Waals surface area contributed by atoms with Gasteiger partial charge in [0.25, 0.3) is 0 Å². The lowest BCUT2D eigenvalue weighted by molar-refractivity contribution is -0.0918. The summed E-state index contributed by atoms with van der Waals surface area (Å²) in [6, 6.07) is 3.26. The summed E-state index contributed by atoms with van der Waals surface area (Å²) >= 11 is 0. The van der Waals surface area contributed by atoms with Crippen molar-refractivity contribution in [3.63, 3.8) is 0 Å². The molecule has 0 atom stereocenters. The maximum atomic E-state index is 15.0. The highest BCUT2D eigenvalue weighted by atomic mass is 19.4. The second kappa shape index (κ2) is 12.1. The molecule has 3 rings (SSSR count). The van der Waals surface area contributed by atoms with Crippen LogP contribution in [0.3, 0.4) is 0 Å². The van der Waals surface area contributed by atoms with Crippen LogP contribution >= 0.6 is 0 Å². The number of carbonyl (C=O) groups is 1. The molecule has 0 bridgehead atoms. The maximum absolute atomic E-state index is 15.0. The van der Waals surface area contributed by atoms with Gasteiger partial charge in [0.15, 0.2) is 0 Å². The van der Waals surface area contributed by atoms with Gasteiger partial charge in [-0.1, -0.05) is 6.07 Å². The summed E-state index contributed by atoms with van der Waals surface area (Å²) in [7, 11) is 2.80. The second-order valence-corrected chi connectivity index (χ2v) is 8.59. The van der Waals surface area contributed by atoms with E-state index in [4.69, 9.17) is 16.2 Å². The number of hydrogen-bond acceptors (Lipinski definition) is 6. The number of amides is 2. The van der Waals surface area contributed by atoms with Gasteiger partial charge in [-0.05, 0) is 30.5 Å². The van der Waals surface area contributed by atoms with Gasteiger partial charge in [0.1, 0.15) is 23.0 Å². The Morgan fingerprint density at radius 1 is 1.24 bits per heavy atom. The lowest BCUT2D eigenvalue weighted by Gasteiger charge is -2.33. The van der Waals surface area contributed by atoms with E-state index in [0.29, 0.717) is 31.8 Å². The Bertz CT molecular complexity index is 1120. The van der Waals surface area contributed by atoms with Crippen LogP contribution in [0.4, 0.5) is 28.0 Å². The average molecular weight is 526 g/mol. The molecule has 6 N–H and O–H groups in total. The molecule has 1 aromatic rings. The van der Waals surface area contributed by atoms with Gasteiger partial charge >= 0.3 is 12.2 Å². The Labute approximate surface area is 212 Å². The molecule has 37 heavy (non-hydrogen) atoms. The zero-order chi connectivity index (χ0) is 27.2. The molecule has 13 heteroatoms. The Kier molecular flexibility index (Phi) is 9.14. The molecule has 0 unspecified atom stereocenters. The zero-order valence-electron chi connectivity index (χ0n) is 20.7. The molecule has 2 amide bonds. The number of alkyl halides is 3. The number of ether oxygens (including phenoxy) is 1. The second-order valence-electron chi connectivity index (χ2n) is 8.59. The minimum atomic E-state index is -4.81. The summed E-state index contributed by atoms with van der Waals surface area (Å²) in [5, 5.41) is 6.05. The van der Waals surface area contributed by atoms with Crippen LogP contribution in [-0.4, -0.2) is 75.6 Å². The van der Waals surface area contributed by atoms with Crippen LogP contribution < -0.4 is 22.1 Å². The first-order chi connectivity index (χ1) is 17.5. The van der Waals surface area contributed by atoms with Crippen molar-refractivity contribution in [2.45, 2.75) is 31.5 Å². The minimum absolute atomic E-state index is 0.00416. The summed E-state index contributed by atoms with van der Waals surface area (Å²) in [6.07, 6.45) is -1.78. The molecule has 0 aromatic heterocycles. The SMILES string of the molecule is CN=CC(=C(N)C(F)(F)F)c1ccc(N=C(N)C2=C(NC3CCOCC3)CCN(C(=O)NC)C2)c(F)c1. The molecule has 1 aromatic carbocycles. The predicted molar refractivity (Wildman–Crippen MR) is 134 cm³/mol. The van der Waals surface area contributed by atoms with Crippen LogP contribution in [0, 0.1) is 5.82 Å². The number of rotatable bonds is 6. The zero-order valence-corrected chi connectivity index (χ0v) is 20.7. The van der Waals surface area contributed by atoms with Crippen molar-refractivity contribution in [3.05, 3.63) is 46.5 Å². The number of carbonyl (C=O) groups excluding carboxylic acids is 1. The number of aliphatic imine (C=N–C) groups is 2. The maximum Gasteiger partial charge on any atom is 0.431 e. The molecule has 202 valence electrons. The van der Waals surface area contributed by atoms with Gasteiger partial charge in [-0.15, -0.1) is 0 Å². The standard InChI is InChI=1S/C24H31F4N7O2/c1-31-12-16(21(29)24(26,27)28)14-3-4-20(18(25)11-14)34-22(30)17-13-35(23(36)32-2)8-5-19(17)33-15-6-9-37-10-7-15/h3-4,11-12,15,33H,5-10,13,29H2,1-2H3,(H2,30,34)(H,32,36). The number of nitrogens with one attached hydrogen (secondary N) is 2. The number of halogens is 4. The molecular formula is C24H31F4N7O2. The first-order valence-corrected chi connectivity index (χ1v) is 11.7. The minimum Gasteiger partial charge on any atom is -0.394 e. The lowest BCUT2D eigenvalue weighted by Crippen LogP contribution is -2.47. The molecule has 0 radical (unpaired) electrons. The van der Waals surface area contributed by atoms with Gasteiger partial charge in [0.2, 0.25) is 0 Å². The fraction of sp³-hybridized carbons (Fsp3) is 0.458. The molecule has 0 aliphatic carbocycles. The Hall–Kier alpha value is -3.61. The molecule has 2 aliphatic rings. The number of benzene rings is 1. The highest BCUT2D eigenvalue weighted by Gasteiger charge is 2.34. The fourth-order valence-electron chi connectivity index (χ4n) is 4.12. The molecule has 1 fully saturated rings. The fourth-order valence-corrected chi connectivity index (χ4v) is 4.12. The van der Waals surface area contributed by atoms with Gasteiger partial charge in [-0.25, -0.2) is 14.2 Å². The number of amidine groups is 1. The first kappa shape index (κ1) is 28.0. The van der Waals surface area contributed by atoms with Crippen molar-refractivity contribution in [2.75, 3.05) is 40.4 Å². The van der Waals surface area contributed by atoms with Crippen LogP contribution in [0.5, 0.6) is 0 Å². The van der Waals surface area contributed by atoms with Crippen molar-refractivity contribution in [1.29, 1.82) is 0 Å². The molecule has 0 saturated carbocycles. The third-order valence-electron chi connectivity index (χ3n) is 6.11. The van der Waals surface area contributed by atoms with Gasteiger partial charge in [-0.3, -0.25) is 4.99 Å². The topological polar surface area (TPSA) is 130 Å². The normalized spacial score (nSPS) is 18.8. The predicted octanol–water partition coefficient (Wildman–Crippen LogP) is 2.81. The van der Waals surface area contributed by atoms with Crippen molar-refractivity contribution >= 4 is 29.3 Å². The highest BCUT2D eigenvalue weighted by molar-refractivity contribution is 6.11. The van der Waals surface area contributed by atoms with Gasteiger partial charge in [-0.2, -0.15) is 13.2 Å². The third-order valence-corrected chi connectivity index (χ3v) is 6.11.